The molecule has 1 fully saturated rings. The fourth-order valence-electron chi connectivity index (χ4n) is 3.58. The van der Waals surface area contributed by atoms with Gasteiger partial charge in [0.1, 0.15) is 11.4 Å². The van der Waals surface area contributed by atoms with Crippen LogP contribution < -0.4 is 10.9 Å². The van der Waals surface area contributed by atoms with E-state index in [1.165, 1.54) is 6.07 Å². The second-order valence-electron chi connectivity index (χ2n) is 6.97. The Morgan fingerprint density at radius 1 is 1.26 bits per heavy atom. The van der Waals surface area contributed by atoms with Gasteiger partial charge in [0.15, 0.2) is 5.82 Å². The Balaban J connectivity index is 1.62. The molecule has 8 heteroatoms. The zero-order valence-corrected chi connectivity index (χ0v) is 15.5. The molecule has 0 radical (unpaired) electrons. The third-order valence-electron chi connectivity index (χ3n) is 4.96. The topological polar surface area (TPSA) is 104 Å². The lowest BCUT2D eigenvalue weighted by atomic mass is 10.1. The Labute approximate surface area is 155 Å². The van der Waals surface area contributed by atoms with Crippen LogP contribution in [0.4, 0.5) is 10.5 Å². The normalized spacial score (nSPS) is 16.9. The highest BCUT2D eigenvalue weighted by atomic mass is 16.4. The summed E-state index contributed by atoms with van der Waals surface area (Å²) >= 11 is 0. The third-order valence-corrected chi connectivity index (χ3v) is 4.96. The number of aromatic nitrogens is 3. The maximum Gasteiger partial charge on any atom is 0.336 e. The predicted octanol–water partition coefficient (Wildman–Crippen LogP) is 3.21. The SMILES string of the molecule is Cc1nc([C@H]2CCCN2C(=O)Nc2cc3c(C)cc(=O)oc3cc2C)n[nH]1. The smallest absolute Gasteiger partial charge is 0.336 e. The second-order valence-corrected chi connectivity index (χ2v) is 6.97. The van der Waals surface area contributed by atoms with Crippen LogP contribution in [0.1, 0.15) is 41.7 Å². The van der Waals surface area contributed by atoms with E-state index in [2.05, 4.69) is 20.5 Å². The van der Waals surface area contributed by atoms with Gasteiger partial charge in [-0.05, 0) is 56.9 Å². The number of aromatic amines is 1. The monoisotopic (exact) mass is 367 g/mol. The molecule has 1 aliphatic rings. The Bertz CT molecular complexity index is 1080. The molecule has 8 nitrogen and oxygen atoms in total. The van der Waals surface area contributed by atoms with Crippen LogP contribution in [0.5, 0.6) is 0 Å². The van der Waals surface area contributed by atoms with Crippen LogP contribution in [-0.2, 0) is 0 Å². The van der Waals surface area contributed by atoms with Gasteiger partial charge in [0, 0.05) is 23.7 Å². The molecule has 3 aromatic rings. The molecule has 0 unspecified atom stereocenters. The molecule has 2 amide bonds. The van der Waals surface area contributed by atoms with Gasteiger partial charge in [-0.15, -0.1) is 0 Å². The van der Waals surface area contributed by atoms with Gasteiger partial charge in [-0.25, -0.2) is 14.6 Å². The van der Waals surface area contributed by atoms with E-state index >= 15 is 0 Å². The molecule has 1 aromatic carbocycles. The summed E-state index contributed by atoms with van der Waals surface area (Å²) in [5.74, 6) is 1.38. The highest BCUT2D eigenvalue weighted by Gasteiger charge is 2.32. The summed E-state index contributed by atoms with van der Waals surface area (Å²) in [4.78, 5) is 30.6. The van der Waals surface area contributed by atoms with Crippen molar-refractivity contribution in [1.29, 1.82) is 0 Å². The number of carbonyl (C=O) groups is 1. The molecule has 3 heterocycles. The lowest BCUT2D eigenvalue weighted by molar-refractivity contribution is 0.205. The van der Waals surface area contributed by atoms with Gasteiger partial charge < -0.3 is 14.6 Å². The summed E-state index contributed by atoms with van der Waals surface area (Å²) in [6.07, 6.45) is 1.75. The minimum absolute atomic E-state index is 0.129. The van der Waals surface area contributed by atoms with Crippen LogP contribution >= 0.6 is 0 Å². The maximum atomic E-state index is 12.9. The van der Waals surface area contributed by atoms with Crippen LogP contribution in [0, 0.1) is 20.8 Å². The summed E-state index contributed by atoms with van der Waals surface area (Å²) in [6.45, 7) is 6.22. The lowest BCUT2D eigenvalue weighted by Crippen LogP contribution is -2.35. The second kappa shape index (κ2) is 6.53. The Morgan fingerprint density at radius 2 is 2.07 bits per heavy atom. The number of H-pyrrole nitrogens is 1. The molecule has 1 saturated heterocycles. The van der Waals surface area contributed by atoms with Crippen LogP contribution in [-0.4, -0.2) is 32.7 Å². The van der Waals surface area contributed by atoms with Crippen LogP contribution in [0.2, 0.25) is 0 Å². The van der Waals surface area contributed by atoms with E-state index in [9.17, 15) is 9.59 Å². The van der Waals surface area contributed by atoms with E-state index in [4.69, 9.17) is 4.42 Å². The lowest BCUT2D eigenvalue weighted by Gasteiger charge is -2.23. The number of nitrogens with one attached hydrogen (secondary N) is 2. The molecule has 140 valence electrons. The van der Waals surface area contributed by atoms with Gasteiger partial charge in [-0.3, -0.25) is 5.10 Å². The molecule has 1 aliphatic heterocycles. The molecule has 0 saturated carbocycles. The fourth-order valence-corrected chi connectivity index (χ4v) is 3.58. The number of nitrogens with zero attached hydrogens (tertiary/aromatic N) is 3. The third kappa shape index (κ3) is 3.18. The first kappa shape index (κ1) is 17.3. The van der Waals surface area contributed by atoms with Crippen molar-refractivity contribution in [1.82, 2.24) is 20.1 Å². The highest BCUT2D eigenvalue weighted by Crippen LogP contribution is 2.31. The molecule has 0 bridgehead atoms. The summed E-state index contributed by atoms with van der Waals surface area (Å²) in [6, 6.07) is 4.76. The van der Waals surface area contributed by atoms with Crippen molar-refractivity contribution in [2.75, 3.05) is 11.9 Å². The van der Waals surface area contributed by atoms with E-state index < -0.39 is 0 Å². The molecule has 0 spiro atoms. The van der Waals surface area contributed by atoms with E-state index in [1.807, 2.05) is 26.8 Å². The minimum atomic E-state index is -0.377. The van der Waals surface area contributed by atoms with Crippen LogP contribution in [0.3, 0.4) is 0 Å². The van der Waals surface area contributed by atoms with Gasteiger partial charge in [0.25, 0.3) is 0 Å². The van der Waals surface area contributed by atoms with Crippen molar-refractivity contribution in [2.24, 2.45) is 0 Å². The van der Waals surface area contributed by atoms with Crippen molar-refractivity contribution in [3.8, 4) is 0 Å². The Hall–Kier alpha value is -3.16. The average molecular weight is 367 g/mol. The van der Waals surface area contributed by atoms with Gasteiger partial charge in [0.2, 0.25) is 0 Å². The largest absolute Gasteiger partial charge is 0.423 e. The molecule has 0 aliphatic carbocycles. The number of benzene rings is 1. The number of aryl methyl sites for hydroxylation is 3. The number of anilines is 1. The van der Waals surface area contributed by atoms with E-state index in [0.717, 1.165) is 35.2 Å². The Morgan fingerprint density at radius 3 is 2.81 bits per heavy atom. The van der Waals surface area contributed by atoms with Gasteiger partial charge in [-0.1, -0.05) is 0 Å². The Kier molecular flexibility index (Phi) is 4.18. The van der Waals surface area contributed by atoms with Crippen LogP contribution in [0.25, 0.3) is 11.0 Å². The molecule has 4 rings (SSSR count). The molecular formula is C19H21N5O3. The van der Waals surface area contributed by atoms with E-state index in [-0.39, 0.29) is 17.7 Å². The number of hydrogen-bond acceptors (Lipinski definition) is 5. The van der Waals surface area contributed by atoms with Crippen molar-refractivity contribution < 1.29 is 9.21 Å². The number of likely N-dealkylation sites (tertiary alicyclic amines) is 1. The molecule has 2 N–H and O–H groups in total. The number of hydrogen-bond donors (Lipinski definition) is 2. The number of amides is 2. The van der Waals surface area contributed by atoms with Crippen molar-refractivity contribution >= 4 is 22.7 Å². The van der Waals surface area contributed by atoms with Gasteiger partial charge >= 0.3 is 11.7 Å². The summed E-state index contributed by atoms with van der Waals surface area (Å²) < 4.78 is 5.26. The number of fused-ring (bicyclic) bond motifs is 1. The first-order chi connectivity index (χ1) is 12.9. The standard InChI is InChI=1S/C19H21N5O3/c1-10-8-17(25)27-16-7-11(2)14(9-13(10)16)21-19(26)24-6-4-5-15(24)18-20-12(3)22-23-18/h7-9,15H,4-6H2,1-3H3,(H,21,26)(H,20,22,23)/t15-/m1/s1. The highest BCUT2D eigenvalue weighted by molar-refractivity contribution is 5.94. The van der Waals surface area contributed by atoms with Crippen molar-refractivity contribution in [3.63, 3.8) is 0 Å². The van der Waals surface area contributed by atoms with E-state index in [0.29, 0.717) is 23.6 Å². The van der Waals surface area contributed by atoms with Gasteiger partial charge in [0.05, 0.1) is 6.04 Å². The zero-order valence-electron chi connectivity index (χ0n) is 15.5. The molecule has 2 aromatic heterocycles. The quantitative estimate of drug-likeness (QED) is 0.677. The van der Waals surface area contributed by atoms with Crippen LogP contribution in [0.15, 0.2) is 27.4 Å². The summed E-state index contributed by atoms with van der Waals surface area (Å²) in [5, 5.41) is 10.9. The molecular weight excluding hydrogens is 346 g/mol. The van der Waals surface area contributed by atoms with Crippen molar-refractivity contribution in [2.45, 2.75) is 39.7 Å². The number of rotatable bonds is 2. The molecule has 27 heavy (non-hydrogen) atoms. The van der Waals surface area contributed by atoms with Gasteiger partial charge in [-0.2, -0.15) is 5.10 Å². The summed E-state index contributed by atoms with van der Waals surface area (Å²) in [5.41, 5.74) is 2.48. The summed E-state index contributed by atoms with van der Waals surface area (Å²) in [7, 11) is 0. The number of urea groups is 1. The maximum absolute atomic E-state index is 12.9. The first-order valence-electron chi connectivity index (χ1n) is 8.94. The zero-order chi connectivity index (χ0) is 19.1. The van der Waals surface area contributed by atoms with E-state index in [1.54, 1.807) is 11.0 Å². The van der Waals surface area contributed by atoms with Crippen molar-refractivity contribution in [3.05, 3.63) is 51.4 Å². The average Bonchev–Trinajstić information content (AvgIpc) is 3.24. The predicted molar refractivity (Wildman–Crippen MR) is 101 cm³/mol. The number of carbonyl (C=O) groups excluding carboxylic acids is 1. The minimum Gasteiger partial charge on any atom is -0.423 e. The molecule has 1 atom stereocenters. The first-order valence-corrected chi connectivity index (χ1v) is 8.94. The fraction of sp³-hybridized carbons (Fsp3) is 0.368.